The van der Waals surface area contributed by atoms with Crippen molar-refractivity contribution in [3.05, 3.63) is 130 Å². The number of carbonyl (C=O) groups is 3. The zero-order valence-corrected chi connectivity index (χ0v) is 29.8. The molecule has 1 heterocycles. The molecule has 4 aromatic rings. The zero-order valence-electron chi connectivity index (χ0n) is 29.8. The van der Waals surface area contributed by atoms with Crippen LogP contribution in [-0.4, -0.2) is 58.2 Å². The van der Waals surface area contributed by atoms with Crippen LogP contribution >= 0.6 is 0 Å². The van der Waals surface area contributed by atoms with Crippen molar-refractivity contribution in [2.45, 2.75) is 71.9 Å². The smallest absolute Gasteiger partial charge is 0.253 e. The first-order valence-corrected chi connectivity index (χ1v) is 18.1. The van der Waals surface area contributed by atoms with E-state index in [2.05, 4.69) is 0 Å². The number of aliphatic hydroxyl groups excluding tert-OH is 1. The number of aryl methyl sites for hydroxylation is 1. The lowest BCUT2D eigenvalue weighted by Gasteiger charge is -2.37. The Labute approximate surface area is 300 Å². The number of nitrogens with zero attached hydrogens (tertiary/aromatic N) is 2. The standard InChI is InChI=1S/C43H48F2N2O4/c1-4-17-46(18-5-2)42(50)35-21-29(3)20-33(25-35)40(48)26-34(22-30-23-36(44)27-37(45)24-30)41(49)39-16-11-19-47(43(39)51)28-32-14-9-10-15-38(32)31-12-7-6-8-13-31/h6-10,12-15,20-21,23-25,27,34,39,41,49H,4-5,11,16-19,22,26,28H2,1-3H3/t34-,39+,41+/m1/s1. The lowest BCUT2D eigenvalue weighted by molar-refractivity contribution is -0.145. The number of aliphatic hydroxyl groups is 1. The molecule has 3 atom stereocenters. The molecule has 0 radical (unpaired) electrons. The van der Waals surface area contributed by atoms with Gasteiger partial charge in [0.15, 0.2) is 5.78 Å². The minimum atomic E-state index is -1.25. The highest BCUT2D eigenvalue weighted by atomic mass is 19.1. The maximum absolute atomic E-state index is 14.3. The second-order valence-corrected chi connectivity index (χ2v) is 13.8. The van der Waals surface area contributed by atoms with Crippen molar-refractivity contribution in [3.63, 3.8) is 0 Å². The molecule has 0 saturated carbocycles. The molecule has 51 heavy (non-hydrogen) atoms. The number of amides is 2. The number of ketones is 1. The summed E-state index contributed by atoms with van der Waals surface area (Å²) in [5.74, 6) is -3.81. The number of benzene rings is 4. The summed E-state index contributed by atoms with van der Waals surface area (Å²) >= 11 is 0. The second kappa shape index (κ2) is 17.5. The lowest BCUT2D eigenvalue weighted by Crippen LogP contribution is -2.47. The van der Waals surface area contributed by atoms with Crippen molar-refractivity contribution in [3.8, 4) is 11.1 Å². The Morgan fingerprint density at radius 3 is 2.22 bits per heavy atom. The van der Waals surface area contributed by atoms with Crippen LogP contribution in [-0.2, 0) is 17.8 Å². The molecule has 1 fully saturated rings. The summed E-state index contributed by atoms with van der Waals surface area (Å²) in [6.45, 7) is 7.94. The molecular formula is C43H48F2N2O4. The van der Waals surface area contributed by atoms with Crippen molar-refractivity contribution in [2.24, 2.45) is 11.8 Å². The van der Waals surface area contributed by atoms with Crippen molar-refractivity contribution in [2.75, 3.05) is 19.6 Å². The van der Waals surface area contributed by atoms with Gasteiger partial charge >= 0.3 is 0 Å². The van der Waals surface area contributed by atoms with Crippen molar-refractivity contribution < 1.29 is 28.3 Å². The van der Waals surface area contributed by atoms with Crippen molar-refractivity contribution >= 4 is 17.6 Å². The summed E-state index contributed by atoms with van der Waals surface area (Å²) in [6.07, 6.45) is 1.25. The number of carbonyl (C=O) groups excluding carboxylic acids is 3. The van der Waals surface area contributed by atoms with Gasteiger partial charge in [0.2, 0.25) is 5.91 Å². The van der Waals surface area contributed by atoms with E-state index in [0.717, 1.165) is 41.2 Å². The molecule has 2 amide bonds. The highest BCUT2D eigenvalue weighted by Crippen LogP contribution is 2.33. The molecule has 1 saturated heterocycles. The fraction of sp³-hybridized carbons (Fsp3) is 0.372. The number of hydrogen-bond acceptors (Lipinski definition) is 4. The molecule has 1 aliphatic heterocycles. The van der Waals surface area contributed by atoms with Gasteiger partial charge in [0.25, 0.3) is 5.91 Å². The van der Waals surface area contributed by atoms with Crippen LogP contribution in [0.15, 0.2) is 91.0 Å². The molecule has 1 aliphatic rings. The summed E-state index contributed by atoms with van der Waals surface area (Å²) in [6, 6.07) is 26.1. The lowest BCUT2D eigenvalue weighted by atomic mass is 9.78. The van der Waals surface area contributed by atoms with Gasteiger partial charge < -0.3 is 14.9 Å². The molecule has 1 N–H and O–H groups in total. The maximum atomic E-state index is 14.3. The van der Waals surface area contributed by atoms with E-state index < -0.39 is 29.6 Å². The van der Waals surface area contributed by atoms with E-state index in [1.165, 1.54) is 12.1 Å². The van der Waals surface area contributed by atoms with Crippen LogP contribution in [0.4, 0.5) is 8.78 Å². The van der Waals surface area contributed by atoms with E-state index in [9.17, 15) is 28.3 Å². The van der Waals surface area contributed by atoms with Crippen LogP contribution in [0.5, 0.6) is 0 Å². The number of likely N-dealkylation sites (tertiary alicyclic amines) is 1. The van der Waals surface area contributed by atoms with E-state index in [-0.39, 0.29) is 36.0 Å². The fourth-order valence-electron chi connectivity index (χ4n) is 7.34. The molecule has 268 valence electrons. The highest BCUT2D eigenvalue weighted by Gasteiger charge is 2.39. The molecule has 0 aliphatic carbocycles. The first-order chi connectivity index (χ1) is 24.6. The average Bonchev–Trinajstić information content (AvgIpc) is 3.11. The van der Waals surface area contributed by atoms with Crippen LogP contribution in [0.1, 0.15) is 83.4 Å². The van der Waals surface area contributed by atoms with Crippen LogP contribution in [0, 0.1) is 30.4 Å². The minimum Gasteiger partial charge on any atom is -0.392 e. The quantitative estimate of drug-likeness (QED) is 0.127. The summed E-state index contributed by atoms with van der Waals surface area (Å²) in [5.41, 5.74) is 4.82. The van der Waals surface area contributed by atoms with Gasteiger partial charge in [-0.05, 0) is 103 Å². The van der Waals surface area contributed by atoms with Gasteiger partial charge in [-0.25, -0.2) is 8.78 Å². The normalized spacial score (nSPS) is 15.8. The average molecular weight is 695 g/mol. The highest BCUT2D eigenvalue weighted by molar-refractivity contribution is 6.01. The summed E-state index contributed by atoms with van der Waals surface area (Å²) in [4.78, 5) is 45.1. The predicted molar refractivity (Wildman–Crippen MR) is 196 cm³/mol. The largest absolute Gasteiger partial charge is 0.392 e. The van der Waals surface area contributed by atoms with E-state index >= 15 is 0 Å². The van der Waals surface area contributed by atoms with Gasteiger partial charge in [-0.1, -0.05) is 68.4 Å². The predicted octanol–water partition coefficient (Wildman–Crippen LogP) is 8.43. The molecule has 0 aromatic heterocycles. The van der Waals surface area contributed by atoms with Gasteiger partial charge in [0.1, 0.15) is 11.6 Å². The van der Waals surface area contributed by atoms with E-state index in [0.29, 0.717) is 50.1 Å². The first-order valence-electron chi connectivity index (χ1n) is 18.1. The van der Waals surface area contributed by atoms with Crippen LogP contribution in [0.25, 0.3) is 11.1 Å². The van der Waals surface area contributed by atoms with Crippen LogP contribution < -0.4 is 0 Å². The number of rotatable bonds is 15. The topological polar surface area (TPSA) is 77.9 Å². The number of piperidine rings is 1. The van der Waals surface area contributed by atoms with Gasteiger partial charge in [-0.15, -0.1) is 0 Å². The van der Waals surface area contributed by atoms with E-state index in [1.54, 1.807) is 28.0 Å². The molecule has 5 rings (SSSR count). The Morgan fingerprint density at radius 2 is 1.53 bits per heavy atom. The molecule has 0 unspecified atom stereocenters. The van der Waals surface area contributed by atoms with E-state index in [1.807, 2.05) is 75.4 Å². The molecule has 0 spiro atoms. The van der Waals surface area contributed by atoms with Gasteiger partial charge in [-0.2, -0.15) is 0 Å². The van der Waals surface area contributed by atoms with Crippen LogP contribution in [0.2, 0.25) is 0 Å². The Balaban J connectivity index is 1.41. The number of halogens is 2. The molecule has 4 aromatic carbocycles. The first kappa shape index (κ1) is 37.6. The number of Topliss-reactive ketones (excluding diaryl/α,β-unsaturated/α-hetero) is 1. The van der Waals surface area contributed by atoms with Gasteiger partial charge in [0.05, 0.1) is 12.0 Å². The number of hydrogen-bond donors (Lipinski definition) is 1. The molecule has 8 heteroatoms. The maximum Gasteiger partial charge on any atom is 0.253 e. The molecular weight excluding hydrogens is 646 g/mol. The molecule has 6 nitrogen and oxygen atoms in total. The third-order valence-corrected chi connectivity index (χ3v) is 9.72. The summed E-state index contributed by atoms with van der Waals surface area (Å²) in [5, 5.41) is 12.0. The second-order valence-electron chi connectivity index (χ2n) is 13.8. The fourth-order valence-corrected chi connectivity index (χ4v) is 7.34. The van der Waals surface area contributed by atoms with Crippen molar-refractivity contribution in [1.29, 1.82) is 0 Å². The zero-order chi connectivity index (χ0) is 36.5. The Morgan fingerprint density at radius 1 is 0.882 bits per heavy atom. The Bertz CT molecular complexity index is 1800. The SMILES string of the molecule is CCCN(CCC)C(=O)c1cc(C)cc(C(=O)C[C@@H](Cc2cc(F)cc(F)c2)[C@H](O)[C@@H]2CCCN(Cc3ccccc3-c3ccccc3)C2=O)c1. The molecule has 0 bridgehead atoms. The minimum absolute atomic E-state index is 0.0133. The van der Waals surface area contributed by atoms with Gasteiger partial charge in [0, 0.05) is 49.8 Å². The Kier molecular flexibility index (Phi) is 12.9. The third-order valence-electron chi connectivity index (χ3n) is 9.72. The van der Waals surface area contributed by atoms with E-state index in [4.69, 9.17) is 0 Å². The van der Waals surface area contributed by atoms with Gasteiger partial charge in [-0.3, -0.25) is 14.4 Å². The third kappa shape index (κ3) is 9.56. The van der Waals surface area contributed by atoms with Crippen LogP contribution in [0.3, 0.4) is 0 Å². The summed E-state index contributed by atoms with van der Waals surface area (Å²) in [7, 11) is 0. The van der Waals surface area contributed by atoms with Crippen molar-refractivity contribution in [1.82, 2.24) is 9.80 Å². The Hall–Kier alpha value is -4.69. The monoisotopic (exact) mass is 694 g/mol. The summed E-state index contributed by atoms with van der Waals surface area (Å²) < 4.78 is 28.6.